The molecule has 0 saturated carbocycles. The van der Waals surface area contributed by atoms with Gasteiger partial charge in [0.25, 0.3) is 0 Å². The third kappa shape index (κ3) is 3.03. The van der Waals surface area contributed by atoms with Crippen molar-refractivity contribution in [3.05, 3.63) is 17.8 Å². The first-order chi connectivity index (χ1) is 11.3. The molecule has 1 amide bonds. The molecule has 0 radical (unpaired) electrons. The van der Waals surface area contributed by atoms with Gasteiger partial charge in [-0.05, 0) is 24.3 Å². The van der Waals surface area contributed by atoms with Crippen LogP contribution in [0.2, 0.25) is 0 Å². The topological polar surface area (TPSA) is 61.4 Å². The summed E-state index contributed by atoms with van der Waals surface area (Å²) in [6.45, 7) is 4.86. The standard InChI is InChI=1S/C16H21N5OS/c22-14-2-1-12(3-5-17-14)20-6-8-21(9-7-20)16-15-13(4-10-23-15)18-11-19-16/h4,10-12H,1-3,5-9H2,(H,17,22). The number of aromatic nitrogens is 2. The predicted molar refractivity (Wildman–Crippen MR) is 91.8 cm³/mol. The average molecular weight is 331 g/mol. The summed E-state index contributed by atoms with van der Waals surface area (Å²) in [7, 11) is 0. The normalized spacial score (nSPS) is 23.7. The summed E-state index contributed by atoms with van der Waals surface area (Å²) in [5.74, 6) is 1.27. The highest BCUT2D eigenvalue weighted by Gasteiger charge is 2.27. The van der Waals surface area contributed by atoms with Crippen LogP contribution in [0.1, 0.15) is 19.3 Å². The zero-order valence-electron chi connectivity index (χ0n) is 13.1. The lowest BCUT2D eigenvalue weighted by molar-refractivity contribution is -0.120. The number of carbonyl (C=O) groups is 1. The van der Waals surface area contributed by atoms with Crippen molar-refractivity contribution in [1.82, 2.24) is 20.2 Å². The van der Waals surface area contributed by atoms with Crippen LogP contribution in [0.4, 0.5) is 5.82 Å². The van der Waals surface area contributed by atoms with Crippen molar-refractivity contribution in [2.75, 3.05) is 37.6 Å². The Morgan fingerprint density at radius 1 is 1.17 bits per heavy atom. The number of anilines is 1. The Morgan fingerprint density at radius 2 is 2.04 bits per heavy atom. The quantitative estimate of drug-likeness (QED) is 0.903. The van der Waals surface area contributed by atoms with E-state index in [1.165, 1.54) is 4.70 Å². The first-order valence-electron chi connectivity index (χ1n) is 8.25. The number of carbonyl (C=O) groups excluding carboxylic acids is 1. The minimum atomic E-state index is 0.201. The highest BCUT2D eigenvalue weighted by Crippen LogP contribution is 2.29. The summed E-state index contributed by atoms with van der Waals surface area (Å²) in [6.07, 6.45) is 4.37. The van der Waals surface area contributed by atoms with Crippen LogP contribution in [0, 0.1) is 0 Å². The Labute approximate surface area is 139 Å². The van der Waals surface area contributed by atoms with Gasteiger partial charge in [0.15, 0.2) is 0 Å². The lowest BCUT2D eigenvalue weighted by Crippen LogP contribution is -2.50. The Bertz CT molecular complexity index is 695. The number of nitrogens with one attached hydrogen (secondary N) is 1. The van der Waals surface area contributed by atoms with Crippen molar-refractivity contribution in [3.8, 4) is 0 Å². The minimum Gasteiger partial charge on any atom is -0.356 e. The molecule has 2 aliphatic heterocycles. The molecule has 2 aromatic heterocycles. The zero-order chi connectivity index (χ0) is 15.6. The van der Waals surface area contributed by atoms with Crippen LogP contribution in [0.15, 0.2) is 17.8 Å². The molecule has 0 spiro atoms. The van der Waals surface area contributed by atoms with E-state index in [1.54, 1.807) is 17.7 Å². The van der Waals surface area contributed by atoms with Crippen LogP contribution in [-0.4, -0.2) is 59.5 Å². The summed E-state index contributed by atoms with van der Waals surface area (Å²) in [5, 5.41) is 5.05. The number of hydrogen-bond acceptors (Lipinski definition) is 6. The average Bonchev–Trinajstić information content (AvgIpc) is 2.97. The molecule has 1 unspecified atom stereocenters. The SMILES string of the molecule is O=C1CCC(N2CCN(c3ncnc4ccsc34)CC2)CCN1. The molecule has 1 atom stereocenters. The van der Waals surface area contributed by atoms with Gasteiger partial charge in [0.1, 0.15) is 12.1 Å². The third-order valence-electron chi connectivity index (χ3n) is 4.86. The molecule has 0 aliphatic carbocycles. The fraction of sp³-hybridized carbons (Fsp3) is 0.562. The number of amides is 1. The lowest BCUT2D eigenvalue weighted by atomic mass is 10.1. The molecule has 4 heterocycles. The van der Waals surface area contributed by atoms with E-state index in [4.69, 9.17) is 0 Å². The van der Waals surface area contributed by atoms with E-state index in [0.29, 0.717) is 12.5 Å². The fourth-order valence-corrected chi connectivity index (χ4v) is 4.44. The van der Waals surface area contributed by atoms with Gasteiger partial charge >= 0.3 is 0 Å². The summed E-state index contributed by atoms with van der Waals surface area (Å²) in [6, 6.07) is 2.58. The molecule has 122 valence electrons. The van der Waals surface area contributed by atoms with Gasteiger partial charge in [-0.3, -0.25) is 9.69 Å². The van der Waals surface area contributed by atoms with E-state index in [2.05, 4.69) is 36.5 Å². The number of fused-ring (bicyclic) bond motifs is 1. The van der Waals surface area contributed by atoms with Gasteiger partial charge in [-0.25, -0.2) is 9.97 Å². The number of hydrogen-bond donors (Lipinski definition) is 1. The molecular formula is C16H21N5OS. The fourth-order valence-electron chi connectivity index (χ4n) is 3.57. The molecule has 1 N–H and O–H groups in total. The van der Waals surface area contributed by atoms with Gasteiger partial charge in [-0.15, -0.1) is 11.3 Å². The van der Waals surface area contributed by atoms with Gasteiger partial charge in [-0.1, -0.05) is 0 Å². The van der Waals surface area contributed by atoms with E-state index in [1.807, 2.05) is 0 Å². The van der Waals surface area contributed by atoms with Crippen LogP contribution in [0.3, 0.4) is 0 Å². The van der Waals surface area contributed by atoms with Gasteiger partial charge in [0, 0.05) is 45.2 Å². The Morgan fingerprint density at radius 3 is 2.91 bits per heavy atom. The molecule has 2 fully saturated rings. The second-order valence-electron chi connectivity index (χ2n) is 6.19. The number of nitrogens with zero attached hydrogens (tertiary/aromatic N) is 4. The maximum Gasteiger partial charge on any atom is 0.220 e. The molecular weight excluding hydrogens is 310 g/mol. The van der Waals surface area contributed by atoms with E-state index in [9.17, 15) is 4.79 Å². The van der Waals surface area contributed by atoms with Crippen molar-refractivity contribution in [1.29, 1.82) is 0 Å². The molecule has 0 bridgehead atoms. The molecule has 6 nitrogen and oxygen atoms in total. The molecule has 23 heavy (non-hydrogen) atoms. The zero-order valence-corrected chi connectivity index (χ0v) is 13.9. The van der Waals surface area contributed by atoms with Crippen molar-refractivity contribution >= 4 is 33.3 Å². The largest absolute Gasteiger partial charge is 0.356 e. The molecule has 0 aromatic carbocycles. The van der Waals surface area contributed by atoms with Crippen LogP contribution in [0.25, 0.3) is 10.2 Å². The van der Waals surface area contributed by atoms with Crippen LogP contribution >= 0.6 is 11.3 Å². The number of thiophene rings is 1. The van der Waals surface area contributed by atoms with Crippen LogP contribution in [-0.2, 0) is 4.79 Å². The second kappa shape index (κ2) is 6.41. The summed E-state index contributed by atoms with van der Waals surface area (Å²) < 4.78 is 1.19. The Hall–Kier alpha value is -1.73. The first-order valence-corrected chi connectivity index (χ1v) is 9.13. The van der Waals surface area contributed by atoms with Crippen LogP contribution < -0.4 is 10.2 Å². The summed E-state index contributed by atoms with van der Waals surface area (Å²) in [5.41, 5.74) is 1.04. The molecule has 4 rings (SSSR count). The van der Waals surface area contributed by atoms with Gasteiger partial charge < -0.3 is 10.2 Å². The van der Waals surface area contributed by atoms with Crippen molar-refractivity contribution in [3.63, 3.8) is 0 Å². The highest BCUT2D eigenvalue weighted by molar-refractivity contribution is 7.17. The monoisotopic (exact) mass is 331 g/mol. The van der Waals surface area contributed by atoms with Crippen molar-refractivity contribution in [2.45, 2.75) is 25.3 Å². The second-order valence-corrected chi connectivity index (χ2v) is 7.10. The van der Waals surface area contributed by atoms with E-state index in [-0.39, 0.29) is 5.91 Å². The van der Waals surface area contributed by atoms with Crippen molar-refractivity contribution < 1.29 is 4.79 Å². The maximum atomic E-state index is 11.5. The van der Waals surface area contributed by atoms with Gasteiger partial charge in [0.2, 0.25) is 5.91 Å². The Balaban J connectivity index is 1.43. The van der Waals surface area contributed by atoms with E-state index >= 15 is 0 Å². The number of rotatable bonds is 2. The molecule has 7 heteroatoms. The molecule has 2 saturated heterocycles. The van der Waals surface area contributed by atoms with E-state index < -0.39 is 0 Å². The third-order valence-corrected chi connectivity index (χ3v) is 5.76. The van der Waals surface area contributed by atoms with Crippen LogP contribution in [0.5, 0.6) is 0 Å². The molecule has 2 aromatic rings. The van der Waals surface area contributed by atoms with Gasteiger partial charge in [0.05, 0.1) is 10.2 Å². The number of piperazine rings is 1. The van der Waals surface area contributed by atoms with E-state index in [0.717, 1.165) is 56.9 Å². The predicted octanol–water partition coefficient (Wildman–Crippen LogP) is 1.48. The maximum absolute atomic E-state index is 11.5. The van der Waals surface area contributed by atoms with Gasteiger partial charge in [-0.2, -0.15) is 0 Å². The summed E-state index contributed by atoms with van der Waals surface area (Å²) in [4.78, 5) is 25.3. The minimum absolute atomic E-state index is 0.201. The first kappa shape index (κ1) is 14.8. The highest BCUT2D eigenvalue weighted by atomic mass is 32.1. The Kier molecular flexibility index (Phi) is 4.13. The smallest absolute Gasteiger partial charge is 0.220 e. The van der Waals surface area contributed by atoms with Crippen molar-refractivity contribution in [2.24, 2.45) is 0 Å². The lowest BCUT2D eigenvalue weighted by Gasteiger charge is -2.39. The summed E-state index contributed by atoms with van der Waals surface area (Å²) >= 11 is 1.71. The molecule has 2 aliphatic rings.